The van der Waals surface area contributed by atoms with Gasteiger partial charge >= 0.3 is 5.97 Å². The Morgan fingerprint density at radius 2 is 2.06 bits per heavy atom. The normalized spacial score (nSPS) is 10.5. The molecule has 1 aromatic heterocycles. The summed E-state index contributed by atoms with van der Waals surface area (Å²) in [5.41, 5.74) is 4.03. The van der Waals surface area contributed by atoms with E-state index in [1.54, 1.807) is 0 Å². The standard InChI is InChI=1S/C14H15NO2/c1-9-4-5-13-12(6-9)10(2)7-11(15-13)8-14(16)17-3/h4-7H,8H2,1-3H3. The van der Waals surface area contributed by atoms with Crippen LogP contribution in [0.3, 0.4) is 0 Å². The van der Waals surface area contributed by atoms with E-state index >= 15 is 0 Å². The lowest BCUT2D eigenvalue weighted by Crippen LogP contribution is -2.06. The number of pyridine rings is 1. The van der Waals surface area contributed by atoms with Gasteiger partial charge in [-0.2, -0.15) is 0 Å². The SMILES string of the molecule is COC(=O)Cc1cc(C)c2cc(C)ccc2n1. The molecule has 0 spiro atoms. The predicted octanol–water partition coefficient (Wildman–Crippen LogP) is 2.57. The van der Waals surface area contributed by atoms with Crippen molar-refractivity contribution in [3.05, 3.63) is 41.1 Å². The average molecular weight is 229 g/mol. The fraction of sp³-hybridized carbons (Fsp3) is 0.286. The second-order valence-electron chi connectivity index (χ2n) is 4.20. The van der Waals surface area contributed by atoms with Crippen LogP contribution in [0.4, 0.5) is 0 Å². The molecule has 0 aliphatic rings. The number of aromatic nitrogens is 1. The number of aryl methyl sites for hydroxylation is 2. The lowest BCUT2D eigenvalue weighted by atomic mass is 10.1. The van der Waals surface area contributed by atoms with Crippen LogP contribution in [0.1, 0.15) is 16.8 Å². The Morgan fingerprint density at radius 1 is 1.29 bits per heavy atom. The molecular formula is C14H15NO2. The van der Waals surface area contributed by atoms with Crippen LogP contribution in [-0.4, -0.2) is 18.1 Å². The highest BCUT2D eigenvalue weighted by atomic mass is 16.5. The van der Waals surface area contributed by atoms with Crippen molar-refractivity contribution < 1.29 is 9.53 Å². The molecular weight excluding hydrogens is 214 g/mol. The third-order valence-corrected chi connectivity index (χ3v) is 2.78. The number of methoxy groups -OCH3 is 1. The summed E-state index contributed by atoms with van der Waals surface area (Å²) in [7, 11) is 1.39. The molecule has 2 aromatic rings. The maximum Gasteiger partial charge on any atom is 0.311 e. The average Bonchev–Trinajstić information content (AvgIpc) is 2.30. The van der Waals surface area contributed by atoms with Gasteiger partial charge in [0, 0.05) is 5.39 Å². The Morgan fingerprint density at radius 3 is 2.76 bits per heavy atom. The van der Waals surface area contributed by atoms with Gasteiger partial charge < -0.3 is 4.74 Å². The molecule has 3 nitrogen and oxygen atoms in total. The van der Waals surface area contributed by atoms with E-state index in [1.165, 1.54) is 12.7 Å². The maximum absolute atomic E-state index is 11.2. The number of carbonyl (C=O) groups excluding carboxylic acids is 1. The molecule has 0 saturated carbocycles. The van der Waals surface area contributed by atoms with Crippen LogP contribution in [0.5, 0.6) is 0 Å². The first kappa shape index (κ1) is 11.6. The molecule has 0 bridgehead atoms. The van der Waals surface area contributed by atoms with Crippen LogP contribution in [0.2, 0.25) is 0 Å². The van der Waals surface area contributed by atoms with E-state index < -0.39 is 0 Å². The van der Waals surface area contributed by atoms with Crippen LogP contribution >= 0.6 is 0 Å². The van der Waals surface area contributed by atoms with E-state index in [0.717, 1.165) is 22.2 Å². The minimum absolute atomic E-state index is 0.223. The topological polar surface area (TPSA) is 39.2 Å². The molecule has 0 unspecified atom stereocenters. The molecule has 1 heterocycles. The zero-order valence-corrected chi connectivity index (χ0v) is 10.3. The van der Waals surface area contributed by atoms with E-state index in [1.807, 2.05) is 25.1 Å². The molecule has 0 fully saturated rings. The highest BCUT2D eigenvalue weighted by Crippen LogP contribution is 2.19. The molecule has 2 rings (SSSR count). The Hall–Kier alpha value is -1.90. The number of rotatable bonds is 2. The second-order valence-corrected chi connectivity index (χ2v) is 4.20. The molecule has 0 amide bonds. The Balaban J connectivity index is 2.48. The fourth-order valence-electron chi connectivity index (χ4n) is 1.89. The first-order chi connectivity index (χ1) is 8.10. The molecule has 0 N–H and O–H groups in total. The van der Waals surface area contributed by atoms with Crippen molar-refractivity contribution in [3.63, 3.8) is 0 Å². The number of hydrogen-bond donors (Lipinski definition) is 0. The zero-order chi connectivity index (χ0) is 12.4. The number of fused-ring (bicyclic) bond motifs is 1. The van der Waals surface area contributed by atoms with Gasteiger partial charge in [-0.05, 0) is 37.6 Å². The number of ether oxygens (including phenoxy) is 1. The van der Waals surface area contributed by atoms with Gasteiger partial charge in [0.15, 0.2) is 0 Å². The van der Waals surface area contributed by atoms with Crippen molar-refractivity contribution in [1.82, 2.24) is 4.98 Å². The van der Waals surface area contributed by atoms with Crippen molar-refractivity contribution in [2.24, 2.45) is 0 Å². The zero-order valence-electron chi connectivity index (χ0n) is 10.3. The van der Waals surface area contributed by atoms with E-state index in [9.17, 15) is 4.79 Å². The molecule has 0 aliphatic carbocycles. The molecule has 0 aliphatic heterocycles. The molecule has 0 saturated heterocycles. The lowest BCUT2D eigenvalue weighted by molar-refractivity contribution is -0.139. The summed E-state index contributed by atoms with van der Waals surface area (Å²) in [4.78, 5) is 15.7. The molecule has 0 atom stereocenters. The molecule has 17 heavy (non-hydrogen) atoms. The van der Waals surface area contributed by atoms with Crippen LogP contribution < -0.4 is 0 Å². The number of esters is 1. The quantitative estimate of drug-likeness (QED) is 0.743. The third-order valence-electron chi connectivity index (χ3n) is 2.78. The van der Waals surface area contributed by atoms with E-state index in [2.05, 4.69) is 22.7 Å². The molecule has 88 valence electrons. The van der Waals surface area contributed by atoms with Crippen molar-refractivity contribution in [2.45, 2.75) is 20.3 Å². The number of nitrogens with zero attached hydrogens (tertiary/aromatic N) is 1. The smallest absolute Gasteiger partial charge is 0.311 e. The second kappa shape index (κ2) is 4.53. The lowest BCUT2D eigenvalue weighted by Gasteiger charge is -2.06. The number of hydrogen-bond acceptors (Lipinski definition) is 3. The Kier molecular flexibility index (Phi) is 3.09. The van der Waals surface area contributed by atoms with Gasteiger partial charge in [0.1, 0.15) is 0 Å². The summed E-state index contributed by atoms with van der Waals surface area (Å²) in [5, 5.41) is 1.14. The minimum Gasteiger partial charge on any atom is -0.469 e. The summed E-state index contributed by atoms with van der Waals surface area (Å²) in [5.74, 6) is -0.261. The first-order valence-corrected chi connectivity index (χ1v) is 5.54. The van der Waals surface area contributed by atoms with Crippen LogP contribution in [0.15, 0.2) is 24.3 Å². The summed E-state index contributed by atoms with van der Waals surface area (Å²) in [6.45, 7) is 4.09. The van der Waals surface area contributed by atoms with Gasteiger partial charge in [-0.15, -0.1) is 0 Å². The van der Waals surface area contributed by atoms with Gasteiger partial charge in [-0.3, -0.25) is 9.78 Å². The number of benzene rings is 1. The van der Waals surface area contributed by atoms with Crippen LogP contribution in [0, 0.1) is 13.8 Å². The van der Waals surface area contributed by atoms with Gasteiger partial charge in [-0.1, -0.05) is 11.6 Å². The van der Waals surface area contributed by atoms with Gasteiger partial charge in [-0.25, -0.2) is 0 Å². The van der Waals surface area contributed by atoms with Crippen molar-refractivity contribution >= 4 is 16.9 Å². The fourth-order valence-corrected chi connectivity index (χ4v) is 1.89. The molecule has 3 heteroatoms. The summed E-state index contributed by atoms with van der Waals surface area (Å²) < 4.78 is 4.65. The minimum atomic E-state index is -0.261. The Bertz CT molecular complexity index is 576. The summed E-state index contributed by atoms with van der Waals surface area (Å²) >= 11 is 0. The van der Waals surface area contributed by atoms with E-state index in [4.69, 9.17) is 0 Å². The summed E-state index contributed by atoms with van der Waals surface area (Å²) in [6, 6.07) is 8.06. The van der Waals surface area contributed by atoms with Crippen LogP contribution in [-0.2, 0) is 16.0 Å². The monoisotopic (exact) mass is 229 g/mol. The molecule has 1 aromatic carbocycles. The highest BCUT2D eigenvalue weighted by molar-refractivity contribution is 5.83. The van der Waals surface area contributed by atoms with E-state index in [-0.39, 0.29) is 12.4 Å². The largest absolute Gasteiger partial charge is 0.469 e. The third kappa shape index (κ3) is 2.44. The van der Waals surface area contributed by atoms with Gasteiger partial charge in [0.2, 0.25) is 0 Å². The predicted molar refractivity (Wildman–Crippen MR) is 66.9 cm³/mol. The van der Waals surface area contributed by atoms with Crippen LogP contribution in [0.25, 0.3) is 10.9 Å². The van der Waals surface area contributed by atoms with E-state index in [0.29, 0.717) is 0 Å². The Labute approximate surface area is 100 Å². The maximum atomic E-state index is 11.2. The van der Waals surface area contributed by atoms with Crippen molar-refractivity contribution in [1.29, 1.82) is 0 Å². The van der Waals surface area contributed by atoms with Crippen molar-refractivity contribution in [3.8, 4) is 0 Å². The van der Waals surface area contributed by atoms with Gasteiger partial charge in [0.25, 0.3) is 0 Å². The van der Waals surface area contributed by atoms with Crippen molar-refractivity contribution in [2.75, 3.05) is 7.11 Å². The molecule has 0 radical (unpaired) electrons. The number of carbonyl (C=O) groups is 1. The van der Waals surface area contributed by atoms with Gasteiger partial charge in [0.05, 0.1) is 24.7 Å². The highest BCUT2D eigenvalue weighted by Gasteiger charge is 2.07. The first-order valence-electron chi connectivity index (χ1n) is 5.54. The summed E-state index contributed by atoms with van der Waals surface area (Å²) in [6.07, 6.45) is 0.223.